The number of aromatic nitrogens is 2. The van der Waals surface area contributed by atoms with Crippen LogP contribution in [0, 0.1) is 6.92 Å². The van der Waals surface area contributed by atoms with Gasteiger partial charge in [0.2, 0.25) is 5.91 Å². The maximum absolute atomic E-state index is 12.1. The zero-order valence-electron chi connectivity index (χ0n) is 14.3. The van der Waals surface area contributed by atoms with Crippen LogP contribution in [0.2, 0.25) is 0 Å². The Morgan fingerprint density at radius 1 is 1.28 bits per heavy atom. The Kier molecular flexibility index (Phi) is 4.88. The Hall–Kier alpha value is -3.02. The monoisotopic (exact) mass is 339 g/mol. The number of nitrogens with zero attached hydrogens (tertiary/aromatic N) is 1. The molecule has 0 bridgehead atoms. The van der Waals surface area contributed by atoms with Gasteiger partial charge in [-0.25, -0.2) is 4.79 Å². The summed E-state index contributed by atoms with van der Waals surface area (Å²) in [6.45, 7) is 3.81. The fraction of sp³-hybridized carbons (Fsp3) is 0.263. The summed E-state index contributed by atoms with van der Waals surface area (Å²) in [4.78, 5) is 26.5. The average Bonchev–Trinajstić information content (AvgIpc) is 3.23. The zero-order valence-corrected chi connectivity index (χ0v) is 14.3. The lowest BCUT2D eigenvalue weighted by atomic mass is 10.1. The third-order valence-electron chi connectivity index (χ3n) is 4.17. The maximum atomic E-state index is 12.1. The molecule has 6 heteroatoms. The molecule has 0 fully saturated rings. The fourth-order valence-corrected chi connectivity index (χ4v) is 2.78. The molecule has 0 radical (unpaired) electrons. The molecular formula is C19H21N3O3. The number of hydrogen-bond acceptors (Lipinski definition) is 3. The highest BCUT2D eigenvalue weighted by Gasteiger charge is 2.11. The lowest BCUT2D eigenvalue weighted by molar-refractivity contribution is -0.121. The van der Waals surface area contributed by atoms with Gasteiger partial charge in [-0.3, -0.25) is 9.36 Å². The number of amides is 1. The summed E-state index contributed by atoms with van der Waals surface area (Å²) in [7, 11) is 0. The molecule has 130 valence electrons. The van der Waals surface area contributed by atoms with Crippen LogP contribution in [0.1, 0.15) is 36.4 Å². The molecule has 2 N–H and O–H groups in total. The van der Waals surface area contributed by atoms with Crippen LogP contribution in [-0.2, 0) is 11.2 Å². The van der Waals surface area contributed by atoms with Gasteiger partial charge in [-0.2, -0.15) is 0 Å². The van der Waals surface area contributed by atoms with Gasteiger partial charge < -0.3 is 14.7 Å². The van der Waals surface area contributed by atoms with E-state index in [0.29, 0.717) is 12.8 Å². The predicted octanol–water partition coefficient (Wildman–Crippen LogP) is 2.88. The van der Waals surface area contributed by atoms with Crippen molar-refractivity contribution in [2.24, 2.45) is 0 Å². The predicted molar refractivity (Wildman–Crippen MR) is 94.7 cm³/mol. The molecule has 2 aromatic heterocycles. The summed E-state index contributed by atoms with van der Waals surface area (Å²) in [6, 6.07) is 11.2. The number of benzene rings is 1. The molecule has 3 rings (SSSR count). The van der Waals surface area contributed by atoms with Gasteiger partial charge in [0, 0.05) is 24.7 Å². The summed E-state index contributed by atoms with van der Waals surface area (Å²) in [5.74, 6) is 0.783. The van der Waals surface area contributed by atoms with E-state index < -0.39 is 0 Å². The SMILES string of the molecule is Cc1c[nH]c(=O)n1-c1ccc([C@H](C)NC(=O)CCc2ccco2)cc1. The summed E-state index contributed by atoms with van der Waals surface area (Å²) in [5, 5.41) is 2.98. The van der Waals surface area contributed by atoms with Crippen molar-refractivity contribution in [3.8, 4) is 5.69 Å². The van der Waals surface area contributed by atoms with Crippen molar-refractivity contribution in [1.82, 2.24) is 14.9 Å². The maximum Gasteiger partial charge on any atom is 0.330 e. The van der Waals surface area contributed by atoms with Crippen molar-refractivity contribution in [3.05, 3.63) is 76.4 Å². The number of H-pyrrole nitrogens is 1. The van der Waals surface area contributed by atoms with Crippen molar-refractivity contribution in [2.45, 2.75) is 32.7 Å². The van der Waals surface area contributed by atoms with E-state index in [9.17, 15) is 9.59 Å². The van der Waals surface area contributed by atoms with Crippen molar-refractivity contribution < 1.29 is 9.21 Å². The number of imidazole rings is 1. The molecular weight excluding hydrogens is 318 g/mol. The number of rotatable bonds is 6. The molecule has 0 unspecified atom stereocenters. The minimum Gasteiger partial charge on any atom is -0.469 e. The first kappa shape index (κ1) is 16.8. The number of aryl methyl sites for hydroxylation is 2. The number of aromatic amines is 1. The van der Waals surface area contributed by atoms with E-state index >= 15 is 0 Å². The van der Waals surface area contributed by atoms with Gasteiger partial charge in [0.15, 0.2) is 0 Å². The summed E-state index contributed by atoms with van der Waals surface area (Å²) < 4.78 is 6.84. The summed E-state index contributed by atoms with van der Waals surface area (Å²) in [5.41, 5.74) is 2.46. The Morgan fingerprint density at radius 2 is 2.04 bits per heavy atom. The first-order valence-electron chi connectivity index (χ1n) is 8.23. The van der Waals surface area contributed by atoms with Gasteiger partial charge >= 0.3 is 5.69 Å². The minimum atomic E-state index is -0.162. The third-order valence-corrected chi connectivity index (χ3v) is 4.17. The van der Waals surface area contributed by atoms with Crippen molar-refractivity contribution in [1.29, 1.82) is 0 Å². The highest BCUT2D eigenvalue weighted by molar-refractivity contribution is 5.76. The largest absolute Gasteiger partial charge is 0.469 e. The first-order chi connectivity index (χ1) is 12.0. The Bertz CT molecular complexity index is 889. The second-order valence-corrected chi connectivity index (χ2v) is 6.03. The number of carbonyl (C=O) groups excluding carboxylic acids is 1. The van der Waals surface area contributed by atoms with Gasteiger partial charge in [0.25, 0.3) is 0 Å². The van der Waals surface area contributed by atoms with Crippen molar-refractivity contribution in [3.63, 3.8) is 0 Å². The molecule has 0 aliphatic rings. The van der Waals surface area contributed by atoms with Crippen LogP contribution in [0.5, 0.6) is 0 Å². The van der Waals surface area contributed by atoms with Crippen LogP contribution in [0.4, 0.5) is 0 Å². The van der Waals surface area contributed by atoms with Gasteiger partial charge in [-0.15, -0.1) is 0 Å². The van der Waals surface area contributed by atoms with Crippen LogP contribution in [-0.4, -0.2) is 15.5 Å². The van der Waals surface area contributed by atoms with E-state index in [1.807, 2.05) is 50.2 Å². The summed E-state index contributed by atoms with van der Waals surface area (Å²) >= 11 is 0. The Labute approximate surface area is 145 Å². The molecule has 0 aliphatic carbocycles. The smallest absolute Gasteiger partial charge is 0.330 e. The molecule has 0 aliphatic heterocycles. The molecule has 0 saturated heterocycles. The normalized spacial score (nSPS) is 12.1. The second-order valence-electron chi connectivity index (χ2n) is 6.03. The topological polar surface area (TPSA) is 80.0 Å². The quantitative estimate of drug-likeness (QED) is 0.725. The van der Waals surface area contributed by atoms with Crippen LogP contribution in [0.3, 0.4) is 0 Å². The highest BCUT2D eigenvalue weighted by Crippen LogP contribution is 2.16. The Morgan fingerprint density at radius 3 is 2.64 bits per heavy atom. The molecule has 6 nitrogen and oxygen atoms in total. The standard InChI is InChI=1S/C19H21N3O3/c1-13-12-20-19(24)22(13)16-7-5-15(6-8-16)14(2)21-18(23)10-9-17-4-3-11-25-17/h3-8,11-12,14H,9-10H2,1-2H3,(H,20,24)(H,21,23)/t14-/m0/s1. The lowest BCUT2D eigenvalue weighted by Gasteiger charge is -2.15. The van der Waals surface area contributed by atoms with Crippen LogP contribution in [0.15, 0.2) is 58.1 Å². The summed E-state index contributed by atoms with van der Waals surface area (Å²) in [6.07, 6.45) is 4.25. The zero-order chi connectivity index (χ0) is 17.8. The number of carbonyl (C=O) groups is 1. The molecule has 2 heterocycles. The van der Waals surface area contributed by atoms with E-state index in [1.165, 1.54) is 0 Å². The van der Waals surface area contributed by atoms with E-state index in [-0.39, 0.29) is 17.6 Å². The van der Waals surface area contributed by atoms with Crippen molar-refractivity contribution >= 4 is 5.91 Å². The van der Waals surface area contributed by atoms with Gasteiger partial charge in [-0.05, 0) is 43.7 Å². The third kappa shape index (κ3) is 3.91. The first-order valence-corrected chi connectivity index (χ1v) is 8.23. The number of hydrogen-bond donors (Lipinski definition) is 2. The highest BCUT2D eigenvalue weighted by atomic mass is 16.3. The van der Waals surface area contributed by atoms with Gasteiger partial charge in [0.05, 0.1) is 18.0 Å². The van der Waals surface area contributed by atoms with E-state index in [4.69, 9.17) is 4.42 Å². The number of nitrogens with one attached hydrogen (secondary N) is 2. The van der Waals surface area contributed by atoms with Crippen LogP contribution in [0.25, 0.3) is 5.69 Å². The molecule has 0 spiro atoms. The molecule has 1 atom stereocenters. The lowest BCUT2D eigenvalue weighted by Crippen LogP contribution is -2.26. The molecule has 0 saturated carbocycles. The van der Waals surface area contributed by atoms with Crippen molar-refractivity contribution in [2.75, 3.05) is 0 Å². The van der Waals surface area contributed by atoms with Crippen LogP contribution < -0.4 is 11.0 Å². The Balaban J connectivity index is 1.61. The molecule has 3 aromatic rings. The van der Waals surface area contributed by atoms with Gasteiger partial charge in [0.1, 0.15) is 5.76 Å². The second kappa shape index (κ2) is 7.25. The van der Waals surface area contributed by atoms with Crippen LogP contribution >= 0.6 is 0 Å². The average molecular weight is 339 g/mol. The van der Waals surface area contributed by atoms with E-state index in [1.54, 1.807) is 17.0 Å². The van der Waals surface area contributed by atoms with E-state index in [2.05, 4.69) is 10.3 Å². The molecule has 25 heavy (non-hydrogen) atoms. The minimum absolute atomic E-state index is 0.0225. The van der Waals surface area contributed by atoms with Gasteiger partial charge in [-0.1, -0.05) is 12.1 Å². The van der Waals surface area contributed by atoms with E-state index in [0.717, 1.165) is 22.7 Å². The molecule has 1 amide bonds. The number of furan rings is 1. The molecule has 1 aromatic carbocycles. The fourth-order valence-electron chi connectivity index (χ4n) is 2.78.